The summed E-state index contributed by atoms with van der Waals surface area (Å²) in [5, 5.41) is 8.63. The van der Waals surface area contributed by atoms with E-state index in [-0.39, 0.29) is 0 Å². The molecular weight excluding hydrogens is 250 g/mol. The lowest BCUT2D eigenvalue weighted by molar-refractivity contribution is 0.160. The van der Waals surface area contributed by atoms with Crippen LogP contribution in [-0.2, 0) is 6.54 Å². The number of hydrogen-bond donors (Lipinski definition) is 2. The molecule has 0 aliphatic heterocycles. The van der Waals surface area contributed by atoms with E-state index in [2.05, 4.69) is 21.4 Å². The zero-order valence-corrected chi connectivity index (χ0v) is 9.59. The zero-order chi connectivity index (χ0) is 10.6. The van der Waals surface area contributed by atoms with Gasteiger partial charge in [-0.2, -0.15) is 0 Å². The molecule has 1 aromatic carbocycles. The lowest BCUT2D eigenvalue weighted by Crippen LogP contribution is -2.08. The molecule has 1 aromatic rings. The maximum Gasteiger partial charge on any atom is 0.165 e. The molecule has 0 radical (unpaired) electrons. The van der Waals surface area contributed by atoms with Crippen molar-refractivity contribution in [3.05, 3.63) is 22.2 Å². The smallest absolute Gasteiger partial charge is 0.165 e. The molecule has 0 spiro atoms. The summed E-state index contributed by atoms with van der Waals surface area (Å²) in [4.78, 5) is 0. The van der Waals surface area contributed by atoms with Crippen LogP contribution in [0.3, 0.4) is 0 Å². The first-order valence-corrected chi connectivity index (χ1v) is 4.79. The van der Waals surface area contributed by atoms with Crippen molar-refractivity contribution in [3.63, 3.8) is 0 Å². The molecule has 0 saturated heterocycles. The Labute approximate surface area is 90.9 Å². The Bertz CT molecular complexity index is 317. The minimum atomic E-state index is 0.305. The number of methoxy groups -OCH3 is 2. The monoisotopic (exact) mass is 261 g/mol. The maximum atomic E-state index is 8.63. The Kier molecular flexibility index (Phi) is 4.19. The predicted octanol–water partition coefficient (Wildman–Crippen LogP) is 1.95. The Morgan fingerprint density at radius 1 is 1.36 bits per heavy atom. The Morgan fingerprint density at radius 3 is 2.57 bits per heavy atom. The quantitative estimate of drug-likeness (QED) is 0.814. The number of benzene rings is 1. The highest BCUT2D eigenvalue weighted by Crippen LogP contribution is 2.34. The van der Waals surface area contributed by atoms with Crippen molar-refractivity contribution in [2.45, 2.75) is 6.54 Å². The van der Waals surface area contributed by atoms with E-state index in [1.54, 1.807) is 20.3 Å². The first-order chi connectivity index (χ1) is 6.72. The Morgan fingerprint density at radius 2 is 2.07 bits per heavy atom. The van der Waals surface area contributed by atoms with Crippen LogP contribution in [0.15, 0.2) is 16.6 Å². The molecule has 2 N–H and O–H groups in total. The van der Waals surface area contributed by atoms with Crippen molar-refractivity contribution in [1.29, 1.82) is 0 Å². The Hall–Kier alpha value is -0.780. The minimum absolute atomic E-state index is 0.305. The van der Waals surface area contributed by atoms with Crippen LogP contribution in [0, 0.1) is 0 Å². The number of halogens is 1. The van der Waals surface area contributed by atoms with Crippen molar-refractivity contribution in [1.82, 2.24) is 5.48 Å². The molecule has 0 fully saturated rings. The SMILES string of the molecule is COc1cc(Br)cc(CNO)c1OC. The zero-order valence-electron chi connectivity index (χ0n) is 8.00. The fourth-order valence-electron chi connectivity index (χ4n) is 1.22. The standard InChI is InChI=1S/C9H12BrNO3/c1-13-8-4-7(10)3-6(5-11-12)9(8)14-2/h3-4,11-12H,5H2,1-2H3. The van der Waals surface area contributed by atoms with Gasteiger partial charge in [-0.05, 0) is 12.1 Å². The van der Waals surface area contributed by atoms with Gasteiger partial charge in [-0.15, -0.1) is 0 Å². The van der Waals surface area contributed by atoms with E-state index in [4.69, 9.17) is 14.7 Å². The first kappa shape index (κ1) is 11.3. The van der Waals surface area contributed by atoms with Crippen molar-refractivity contribution < 1.29 is 14.7 Å². The molecule has 0 aromatic heterocycles. The first-order valence-electron chi connectivity index (χ1n) is 4.00. The van der Waals surface area contributed by atoms with Crippen LogP contribution in [0.2, 0.25) is 0 Å². The van der Waals surface area contributed by atoms with Crippen molar-refractivity contribution in [3.8, 4) is 11.5 Å². The molecule has 4 nitrogen and oxygen atoms in total. The lowest BCUT2D eigenvalue weighted by atomic mass is 10.2. The van der Waals surface area contributed by atoms with Gasteiger partial charge in [-0.3, -0.25) is 0 Å². The average molecular weight is 262 g/mol. The third-order valence-corrected chi connectivity index (χ3v) is 2.25. The van der Waals surface area contributed by atoms with Gasteiger partial charge in [-0.25, -0.2) is 5.48 Å². The molecule has 0 heterocycles. The van der Waals surface area contributed by atoms with E-state index in [9.17, 15) is 0 Å². The molecule has 0 aliphatic rings. The summed E-state index contributed by atoms with van der Waals surface area (Å²) in [5.41, 5.74) is 2.90. The van der Waals surface area contributed by atoms with Gasteiger partial charge >= 0.3 is 0 Å². The second-order valence-corrected chi connectivity index (χ2v) is 3.55. The molecule has 0 aliphatic carbocycles. The van der Waals surface area contributed by atoms with E-state index in [1.165, 1.54) is 0 Å². The van der Waals surface area contributed by atoms with Gasteiger partial charge in [0, 0.05) is 16.6 Å². The van der Waals surface area contributed by atoms with Gasteiger partial charge in [0.25, 0.3) is 0 Å². The highest BCUT2D eigenvalue weighted by Gasteiger charge is 2.10. The third kappa shape index (κ3) is 2.37. The minimum Gasteiger partial charge on any atom is -0.493 e. The van der Waals surface area contributed by atoms with Gasteiger partial charge in [0.1, 0.15) is 0 Å². The van der Waals surface area contributed by atoms with E-state index in [1.807, 2.05) is 6.07 Å². The van der Waals surface area contributed by atoms with E-state index in [0.717, 1.165) is 10.0 Å². The molecule has 0 amide bonds. The van der Waals surface area contributed by atoms with Crippen molar-refractivity contribution >= 4 is 15.9 Å². The van der Waals surface area contributed by atoms with Crippen LogP contribution in [0.4, 0.5) is 0 Å². The summed E-state index contributed by atoms with van der Waals surface area (Å²) in [5.74, 6) is 1.25. The fraction of sp³-hybridized carbons (Fsp3) is 0.333. The van der Waals surface area contributed by atoms with Gasteiger partial charge in [0.2, 0.25) is 0 Å². The highest BCUT2D eigenvalue weighted by atomic mass is 79.9. The topological polar surface area (TPSA) is 50.7 Å². The maximum absolute atomic E-state index is 8.63. The number of nitrogens with one attached hydrogen (secondary N) is 1. The third-order valence-electron chi connectivity index (χ3n) is 1.79. The average Bonchev–Trinajstić information content (AvgIpc) is 2.17. The highest BCUT2D eigenvalue weighted by molar-refractivity contribution is 9.10. The van der Waals surface area contributed by atoms with E-state index >= 15 is 0 Å². The number of hydrogen-bond acceptors (Lipinski definition) is 4. The lowest BCUT2D eigenvalue weighted by Gasteiger charge is -2.12. The van der Waals surface area contributed by atoms with E-state index in [0.29, 0.717) is 18.0 Å². The van der Waals surface area contributed by atoms with Crippen LogP contribution >= 0.6 is 15.9 Å². The summed E-state index contributed by atoms with van der Waals surface area (Å²) >= 11 is 3.34. The van der Waals surface area contributed by atoms with Crippen LogP contribution in [0.5, 0.6) is 11.5 Å². The predicted molar refractivity (Wildman–Crippen MR) is 55.9 cm³/mol. The van der Waals surface area contributed by atoms with E-state index < -0.39 is 0 Å². The van der Waals surface area contributed by atoms with Gasteiger partial charge in [-0.1, -0.05) is 15.9 Å². The molecule has 1 rings (SSSR count). The number of rotatable bonds is 4. The fourth-order valence-corrected chi connectivity index (χ4v) is 1.71. The van der Waals surface area contributed by atoms with Crippen molar-refractivity contribution in [2.75, 3.05) is 14.2 Å². The molecule has 0 atom stereocenters. The summed E-state index contributed by atoms with van der Waals surface area (Å²) in [6.07, 6.45) is 0. The molecule has 0 bridgehead atoms. The number of hydroxylamine groups is 1. The molecular formula is C9H12BrNO3. The second kappa shape index (κ2) is 5.19. The summed E-state index contributed by atoms with van der Waals surface area (Å²) < 4.78 is 11.2. The Balaban J connectivity index is 3.17. The second-order valence-electron chi connectivity index (χ2n) is 2.64. The van der Waals surface area contributed by atoms with Crippen LogP contribution in [0.25, 0.3) is 0 Å². The van der Waals surface area contributed by atoms with Gasteiger partial charge in [0.05, 0.1) is 14.2 Å². The molecule has 14 heavy (non-hydrogen) atoms. The largest absolute Gasteiger partial charge is 0.493 e. The molecule has 5 heteroatoms. The molecule has 0 saturated carbocycles. The van der Waals surface area contributed by atoms with Gasteiger partial charge in [0.15, 0.2) is 11.5 Å². The van der Waals surface area contributed by atoms with Crippen LogP contribution in [0.1, 0.15) is 5.56 Å². The normalized spacial score (nSPS) is 10.0. The summed E-state index contributed by atoms with van der Waals surface area (Å²) in [6.45, 7) is 0.305. The van der Waals surface area contributed by atoms with Gasteiger partial charge < -0.3 is 14.7 Å². The van der Waals surface area contributed by atoms with Crippen molar-refractivity contribution in [2.24, 2.45) is 0 Å². The summed E-state index contributed by atoms with van der Waals surface area (Å²) in [6, 6.07) is 3.66. The molecule has 0 unspecified atom stereocenters. The van der Waals surface area contributed by atoms with Crippen LogP contribution in [-0.4, -0.2) is 19.4 Å². The van der Waals surface area contributed by atoms with Crippen LogP contribution < -0.4 is 15.0 Å². The summed E-state index contributed by atoms with van der Waals surface area (Å²) in [7, 11) is 3.13. The number of ether oxygens (including phenoxy) is 2. The molecule has 78 valence electrons.